The molecule has 3 atom stereocenters. The summed E-state index contributed by atoms with van der Waals surface area (Å²) in [4.78, 5) is 26.2. The van der Waals surface area contributed by atoms with E-state index in [0.29, 0.717) is 19.3 Å². The van der Waals surface area contributed by atoms with Gasteiger partial charge in [-0.2, -0.15) is 0 Å². The highest BCUT2D eigenvalue weighted by molar-refractivity contribution is 5.77. The molecule has 0 aliphatic heterocycles. The highest BCUT2D eigenvalue weighted by Crippen LogP contribution is 2.17. The largest absolute Gasteiger partial charge is 0.461 e. The maximum Gasteiger partial charge on any atom is 0.306 e. The predicted molar refractivity (Wildman–Crippen MR) is 287 cm³/mol. The first-order chi connectivity index (χ1) is 32.5. The molecular formula is C60H105NO5. The topological polar surface area (TPSA) is 95.9 Å². The quantitative estimate of drug-likeness (QED) is 0.0321. The number of unbranched alkanes of at least 4 members (excludes halogenated alkanes) is 24. The summed E-state index contributed by atoms with van der Waals surface area (Å²) in [5, 5.41) is 23.8. The van der Waals surface area contributed by atoms with Crippen molar-refractivity contribution in [3.05, 3.63) is 85.1 Å². The summed E-state index contributed by atoms with van der Waals surface area (Å²) in [6.45, 7) is 6.33. The Balaban J connectivity index is 4.69. The van der Waals surface area contributed by atoms with E-state index in [9.17, 15) is 19.8 Å². The number of hydrogen-bond acceptors (Lipinski definition) is 5. The molecule has 6 nitrogen and oxygen atoms in total. The summed E-state index contributed by atoms with van der Waals surface area (Å²) in [6.07, 6.45) is 69.4. The van der Waals surface area contributed by atoms with Gasteiger partial charge in [-0.15, -0.1) is 0 Å². The summed E-state index contributed by atoms with van der Waals surface area (Å²) in [5.74, 6) is -0.591. The van der Waals surface area contributed by atoms with Crippen molar-refractivity contribution in [1.82, 2.24) is 5.32 Å². The van der Waals surface area contributed by atoms with E-state index in [1.54, 1.807) is 0 Å². The third kappa shape index (κ3) is 47.5. The van der Waals surface area contributed by atoms with E-state index < -0.39 is 18.2 Å². The molecule has 0 aliphatic rings. The van der Waals surface area contributed by atoms with Crippen LogP contribution in [0, 0.1) is 0 Å². The van der Waals surface area contributed by atoms with E-state index >= 15 is 0 Å². The molecule has 0 radical (unpaired) electrons. The summed E-state index contributed by atoms with van der Waals surface area (Å²) in [5.41, 5.74) is 0. The SMILES string of the molecule is CC/C=C/C/C=C/C/C=C/CCCCCCCCC(=O)OC(C/C=C\C/C=C\C/C=C\C/C=C\CCCCC)CC(=O)NC(CO)C(O)CCCCCCCCCCCCCCCCCC. The first kappa shape index (κ1) is 63.0. The minimum atomic E-state index is -0.818. The number of nitrogens with one attached hydrogen (secondary N) is 1. The number of aliphatic hydroxyl groups is 2. The first-order valence-electron chi connectivity index (χ1n) is 27.8. The molecule has 0 saturated carbocycles. The number of hydrogen-bond donors (Lipinski definition) is 3. The van der Waals surface area contributed by atoms with Gasteiger partial charge in [0.05, 0.1) is 25.2 Å². The van der Waals surface area contributed by atoms with Crippen LogP contribution < -0.4 is 5.32 Å². The Hall–Kier alpha value is -2.96. The Morgan fingerprint density at radius 3 is 1.32 bits per heavy atom. The van der Waals surface area contributed by atoms with E-state index in [-0.39, 0.29) is 24.9 Å². The zero-order chi connectivity index (χ0) is 48.1. The van der Waals surface area contributed by atoms with E-state index in [1.165, 1.54) is 128 Å². The lowest BCUT2D eigenvalue weighted by atomic mass is 10.0. The van der Waals surface area contributed by atoms with Crippen LogP contribution in [-0.4, -0.2) is 46.9 Å². The Morgan fingerprint density at radius 1 is 0.470 bits per heavy atom. The first-order valence-corrected chi connectivity index (χ1v) is 27.8. The molecule has 0 saturated heterocycles. The molecule has 66 heavy (non-hydrogen) atoms. The van der Waals surface area contributed by atoms with Crippen LogP contribution in [0.1, 0.15) is 258 Å². The van der Waals surface area contributed by atoms with Gasteiger partial charge in [0.25, 0.3) is 0 Å². The number of allylic oxidation sites excluding steroid dienone is 13. The third-order valence-corrected chi connectivity index (χ3v) is 12.2. The number of amides is 1. The molecule has 6 heteroatoms. The van der Waals surface area contributed by atoms with Crippen molar-refractivity contribution in [1.29, 1.82) is 0 Å². The van der Waals surface area contributed by atoms with E-state index in [1.807, 2.05) is 6.08 Å². The van der Waals surface area contributed by atoms with Crippen molar-refractivity contribution < 1.29 is 24.5 Å². The van der Waals surface area contributed by atoms with Gasteiger partial charge in [0, 0.05) is 12.8 Å². The third-order valence-electron chi connectivity index (χ3n) is 12.2. The molecule has 0 rings (SSSR count). The highest BCUT2D eigenvalue weighted by Gasteiger charge is 2.23. The van der Waals surface area contributed by atoms with Crippen LogP contribution in [-0.2, 0) is 14.3 Å². The van der Waals surface area contributed by atoms with Crippen LogP contribution in [0.25, 0.3) is 0 Å². The number of esters is 1. The fraction of sp³-hybridized carbons (Fsp3) is 0.733. The number of aliphatic hydroxyl groups excluding tert-OH is 2. The zero-order valence-electron chi connectivity index (χ0n) is 43.3. The average molecular weight is 921 g/mol. The minimum Gasteiger partial charge on any atom is -0.461 e. The molecule has 1 amide bonds. The van der Waals surface area contributed by atoms with Gasteiger partial charge >= 0.3 is 5.97 Å². The summed E-state index contributed by atoms with van der Waals surface area (Å²) in [7, 11) is 0. The van der Waals surface area contributed by atoms with E-state index in [4.69, 9.17) is 4.74 Å². The van der Waals surface area contributed by atoms with Crippen LogP contribution in [0.2, 0.25) is 0 Å². The molecule has 3 N–H and O–H groups in total. The number of ether oxygens (including phenoxy) is 1. The van der Waals surface area contributed by atoms with Gasteiger partial charge < -0.3 is 20.3 Å². The van der Waals surface area contributed by atoms with Crippen LogP contribution in [0.5, 0.6) is 0 Å². The molecule has 3 unspecified atom stereocenters. The van der Waals surface area contributed by atoms with Crippen LogP contribution >= 0.6 is 0 Å². The second-order valence-electron chi connectivity index (χ2n) is 18.6. The lowest BCUT2D eigenvalue weighted by Crippen LogP contribution is -2.46. The standard InChI is InChI=1S/C60H105NO5/c1-4-7-10-13-16-19-22-25-28-31-34-37-40-43-46-49-52-58(63)57(55-62)61-59(64)54-56(51-48-45-42-39-36-33-30-27-24-21-18-15-12-9-6-3)66-60(65)53-50-47-44-41-38-35-32-29-26-23-20-17-14-11-8-5-2/h8,11,17-18,20-21,26-27,29-30,36,39,45,48,56-58,62-63H,4-7,9-10,12-16,19,22-25,28,31-35,37-38,40-44,46-47,49-55H2,1-3H3,(H,61,64)/b11-8+,20-17+,21-18-,29-26+,30-27-,39-36-,48-45-. The molecule has 0 aliphatic carbocycles. The van der Waals surface area contributed by atoms with Gasteiger partial charge in [0.15, 0.2) is 0 Å². The van der Waals surface area contributed by atoms with Gasteiger partial charge in [-0.25, -0.2) is 0 Å². The molecule has 0 aromatic rings. The van der Waals surface area contributed by atoms with Crippen LogP contribution in [0.3, 0.4) is 0 Å². The summed E-state index contributed by atoms with van der Waals surface area (Å²) in [6, 6.07) is -0.738. The van der Waals surface area contributed by atoms with Crippen molar-refractivity contribution in [2.45, 2.75) is 277 Å². The maximum atomic E-state index is 13.2. The van der Waals surface area contributed by atoms with Gasteiger partial charge in [-0.05, 0) is 77.0 Å². The van der Waals surface area contributed by atoms with Crippen molar-refractivity contribution in [3.8, 4) is 0 Å². The van der Waals surface area contributed by atoms with Gasteiger partial charge in [-0.3, -0.25) is 9.59 Å². The molecule has 0 bridgehead atoms. The molecular weight excluding hydrogens is 815 g/mol. The lowest BCUT2D eigenvalue weighted by Gasteiger charge is -2.24. The molecule has 380 valence electrons. The summed E-state index contributed by atoms with van der Waals surface area (Å²) >= 11 is 0. The zero-order valence-corrected chi connectivity index (χ0v) is 43.3. The van der Waals surface area contributed by atoms with Crippen molar-refractivity contribution >= 4 is 11.9 Å². The van der Waals surface area contributed by atoms with E-state index in [0.717, 1.165) is 83.5 Å². The Labute approximate surface area is 408 Å². The predicted octanol–water partition coefficient (Wildman–Crippen LogP) is 17.1. The van der Waals surface area contributed by atoms with Crippen molar-refractivity contribution in [3.63, 3.8) is 0 Å². The Bertz CT molecular complexity index is 1260. The maximum absolute atomic E-state index is 13.2. The molecule has 0 aromatic carbocycles. The minimum absolute atomic E-state index is 0.00688. The van der Waals surface area contributed by atoms with Gasteiger partial charge in [-0.1, -0.05) is 247 Å². The number of carbonyl (C=O) groups is 2. The Kier molecular flexibility index (Phi) is 50.6. The average Bonchev–Trinajstić information content (AvgIpc) is 3.31. The smallest absolute Gasteiger partial charge is 0.306 e. The molecule has 0 spiro atoms. The van der Waals surface area contributed by atoms with Crippen molar-refractivity contribution in [2.75, 3.05) is 6.61 Å². The summed E-state index contributed by atoms with van der Waals surface area (Å²) < 4.78 is 5.88. The normalized spacial score (nSPS) is 13.8. The fourth-order valence-electron chi connectivity index (χ4n) is 8.01. The van der Waals surface area contributed by atoms with Crippen LogP contribution in [0.4, 0.5) is 0 Å². The Morgan fingerprint density at radius 2 is 0.848 bits per heavy atom. The van der Waals surface area contributed by atoms with Crippen LogP contribution in [0.15, 0.2) is 85.1 Å². The van der Waals surface area contributed by atoms with Gasteiger partial charge in [0.1, 0.15) is 6.10 Å². The molecule has 0 aromatic heterocycles. The molecule has 0 heterocycles. The number of rotatable bonds is 49. The number of carbonyl (C=O) groups excluding carboxylic acids is 2. The highest BCUT2D eigenvalue weighted by atomic mass is 16.5. The monoisotopic (exact) mass is 920 g/mol. The lowest BCUT2D eigenvalue weighted by molar-refractivity contribution is -0.150. The van der Waals surface area contributed by atoms with Gasteiger partial charge in [0.2, 0.25) is 5.91 Å². The second kappa shape index (κ2) is 53.0. The molecule has 0 fully saturated rings. The van der Waals surface area contributed by atoms with Crippen molar-refractivity contribution in [2.24, 2.45) is 0 Å². The second-order valence-corrected chi connectivity index (χ2v) is 18.6. The fourth-order valence-corrected chi connectivity index (χ4v) is 8.01. The van der Waals surface area contributed by atoms with E-state index in [2.05, 4.69) is 105 Å².